The van der Waals surface area contributed by atoms with Crippen molar-refractivity contribution in [3.8, 4) is 0 Å². The van der Waals surface area contributed by atoms with E-state index >= 15 is 0 Å². The van der Waals surface area contributed by atoms with Crippen LogP contribution in [0.2, 0.25) is 0 Å². The second-order valence-corrected chi connectivity index (χ2v) is 5.55. The fourth-order valence-corrected chi connectivity index (χ4v) is 2.49. The molecule has 0 radical (unpaired) electrons. The molecule has 0 aliphatic rings. The van der Waals surface area contributed by atoms with Crippen LogP contribution in [0.3, 0.4) is 0 Å². The van der Waals surface area contributed by atoms with Gasteiger partial charge in [-0.3, -0.25) is 14.6 Å². The quantitative estimate of drug-likeness (QED) is 0.709. The fraction of sp³-hybridized carbons (Fsp3) is 0.167. The van der Waals surface area contributed by atoms with Gasteiger partial charge < -0.3 is 10.6 Å². The zero-order chi connectivity index (χ0) is 16.4. The van der Waals surface area contributed by atoms with Crippen molar-refractivity contribution >= 4 is 17.1 Å². The van der Waals surface area contributed by atoms with E-state index < -0.39 is 10.9 Å². The van der Waals surface area contributed by atoms with Crippen LogP contribution >= 0.6 is 0 Å². The third kappa shape index (κ3) is 2.99. The first-order valence-corrected chi connectivity index (χ1v) is 7.36. The van der Waals surface area contributed by atoms with Crippen LogP contribution in [-0.4, -0.2) is 4.98 Å². The Balaban J connectivity index is 1.77. The smallest absolute Gasteiger partial charge is 0.253 e. The highest BCUT2D eigenvalue weighted by atomic mass is 16.2. The molecule has 2 aromatic carbocycles. The summed E-state index contributed by atoms with van der Waals surface area (Å²) in [4.78, 5) is 27.5. The highest BCUT2D eigenvalue weighted by molar-refractivity contribution is 5.78. The van der Waals surface area contributed by atoms with Gasteiger partial charge in [-0.15, -0.1) is 0 Å². The van der Waals surface area contributed by atoms with Crippen LogP contribution in [0.4, 0.5) is 17.1 Å². The van der Waals surface area contributed by atoms with Gasteiger partial charge in [0, 0.05) is 24.6 Å². The summed E-state index contributed by atoms with van der Waals surface area (Å²) in [6, 6.07) is 9.63. The first kappa shape index (κ1) is 15.0. The maximum Gasteiger partial charge on any atom is 0.253 e. The number of nitrogens with zero attached hydrogens (tertiary/aromatic N) is 1. The molecular weight excluding hydrogens is 290 g/mol. The van der Waals surface area contributed by atoms with Crippen molar-refractivity contribution in [2.75, 3.05) is 10.6 Å². The molecule has 23 heavy (non-hydrogen) atoms. The molecule has 116 valence electrons. The lowest BCUT2D eigenvalue weighted by Gasteiger charge is -2.15. The number of benzene rings is 1. The molecule has 0 atom stereocenters. The van der Waals surface area contributed by atoms with E-state index in [0.29, 0.717) is 17.9 Å². The van der Waals surface area contributed by atoms with Crippen molar-refractivity contribution in [3.63, 3.8) is 0 Å². The van der Waals surface area contributed by atoms with Gasteiger partial charge in [-0.05, 0) is 37.1 Å². The van der Waals surface area contributed by atoms with Gasteiger partial charge in [0.1, 0.15) is 11.4 Å². The number of nitrogens with one attached hydrogen (secondary N) is 2. The Hall–Kier alpha value is -2.95. The Morgan fingerprint density at radius 2 is 1.65 bits per heavy atom. The number of rotatable bonds is 5. The zero-order valence-corrected chi connectivity index (χ0v) is 13.0. The minimum Gasteiger partial charge on any atom is -0.376 e. The topological polar surface area (TPSA) is 71.1 Å². The summed E-state index contributed by atoms with van der Waals surface area (Å²) in [7, 11) is 0. The van der Waals surface area contributed by atoms with E-state index in [4.69, 9.17) is 0 Å². The van der Waals surface area contributed by atoms with Crippen LogP contribution in [0.1, 0.15) is 16.7 Å². The molecule has 2 N–H and O–H groups in total. The van der Waals surface area contributed by atoms with Crippen molar-refractivity contribution in [1.82, 2.24) is 4.98 Å². The van der Waals surface area contributed by atoms with E-state index in [1.807, 2.05) is 26.0 Å². The van der Waals surface area contributed by atoms with E-state index in [9.17, 15) is 9.59 Å². The summed E-state index contributed by atoms with van der Waals surface area (Å²) in [6.45, 7) is 4.57. The first-order valence-electron chi connectivity index (χ1n) is 7.36. The molecule has 0 unspecified atom stereocenters. The van der Waals surface area contributed by atoms with Gasteiger partial charge in [-0.1, -0.05) is 23.8 Å². The zero-order valence-electron chi connectivity index (χ0n) is 13.0. The SMILES string of the molecule is Cc1ccc(CNc2c(Nc3ccncc3)c(=O)c2=O)c(C)c1. The van der Waals surface area contributed by atoms with Crippen molar-refractivity contribution in [3.05, 3.63) is 79.9 Å². The molecule has 0 bridgehead atoms. The maximum absolute atomic E-state index is 11.8. The Kier molecular flexibility index (Phi) is 3.93. The number of hydrogen-bond acceptors (Lipinski definition) is 5. The number of aromatic nitrogens is 1. The van der Waals surface area contributed by atoms with Crippen LogP contribution in [0.15, 0.2) is 52.3 Å². The van der Waals surface area contributed by atoms with Gasteiger partial charge in [0.05, 0.1) is 0 Å². The number of pyridine rings is 1. The fourth-order valence-electron chi connectivity index (χ4n) is 2.49. The van der Waals surface area contributed by atoms with Crippen molar-refractivity contribution in [1.29, 1.82) is 0 Å². The minimum absolute atomic E-state index is 0.311. The normalized spacial score (nSPS) is 10.7. The van der Waals surface area contributed by atoms with Gasteiger partial charge in [0.2, 0.25) is 0 Å². The Morgan fingerprint density at radius 1 is 0.957 bits per heavy atom. The third-order valence-corrected chi connectivity index (χ3v) is 3.81. The maximum atomic E-state index is 11.8. The van der Waals surface area contributed by atoms with Gasteiger partial charge in [-0.2, -0.15) is 0 Å². The highest BCUT2D eigenvalue weighted by Crippen LogP contribution is 2.21. The van der Waals surface area contributed by atoms with Crippen LogP contribution < -0.4 is 21.5 Å². The summed E-state index contributed by atoms with van der Waals surface area (Å²) >= 11 is 0. The molecule has 1 aromatic heterocycles. The lowest BCUT2D eigenvalue weighted by atomic mass is 10.1. The second-order valence-electron chi connectivity index (χ2n) is 5.55. The predicted octanol–water partition coefficient (Wildman–Crippen LogP) is 2.65. The monoisotopic (exact) mass is 307 g/mol. The lowest BCUT2D eigenvalue weighted by molar-refractivity contribution is 1.10. The van der Waals surface area contributed by atoms with Crippen molar-refractivity contribution in [2.45, 2.75) is 20.4 Å². The average Bonchev–Trinajstić information content (AvgIpc) is 2.56. The molecule has 0 saturated heterocycles. The van der Waals surface area contributed by atoms with Crippen molar-refractivity contribution < 1.29 is 0 Å². The van der Waals surface area contributed by atoms with Gasteiger partial charge in [0.25, 0.3) is 10.9 Å². The lowest BCUT2D eigenvalue weighted by Crippen LogP contribution is -2.36. The molecule has 0 saturated carbocycles. The second kappa shape index (κ2) is 6.04. The summed E-state index contributed by atoms with van der Waals surface area (Å²) in [6.07, 6.45) is 3.24. The van der Waals surface area contributed by atoms with Gasteiger partial charge >= 0.3 is 0 Å². The molecule has 1 heterocycles. The molecular formula is C18H17N3O2. The highest BCUT2D eigenvalue weighted by Gasteiger charge is 2.20. The summed E-state index contributed by atoms with van der Waals surface area (Å²) in [5, 5.41) is 6.05. The third-order valence-electron chi connectivity index (χ3n) is 3.81. The predicted molar refractivity (Wildman–Crippen MR) is 92.1 cm³/mol. The van der Waals surface area contributed by atoms with Crippen LogP contribution in [-0.2, 0) is 6.54 Å². The van der Waals surface area contributed by atoms with Gasteiger partial charge in [0.15, 0.2) is 0 Å². The molecule has 3 aromatic rings. The average molecular weight is 307 g/mol. The Labute approximate surface area is 133 Å². The Bertz CT molecular complexity index is 910. The number of anilines is 3. The van der Waals surface area contributed by atoms with E-state index in [-0.39, 0.29) is 0 Å². The standard InChI is InChI=1S/C18H17N3O2/c1-11-3-4-13(12(2)9-11)10-20-15-16(18(23)17(15)22)21-14-5-7-19-8-6-14/h3-9,20H,10H2,1-2H3,(H,19,21). The van der Waals surface area contributed by atoms with E-state index in [1.165, 1.54) is 5.56 Å². The van der Waals surface area contributed by atoms with Crippen LogP contribution in [0.25, 0.3) is 0 Å². The first-order chi connectivity index (χ1) is 11.1. The van der Waals surface area contributed by atoms with E-state index in [2.05, 4.69) is 21.7 Å². The largest absolute Gasteiger partial charge is 0.376 e. The van der Waals surface area contributed by atoms with Crippen LogP contribution in [0, 0.1) is 13.8 Å². The van der Waals surface area contributed by atoms with Crippen molar-refractivity contribution in [2.24, 2.45) is 0 Å². The molecule has 5 heteroatoms. The number of aryl methyl sites for hydroxylation is 2. The van der Waals surface area contributed by atoms with E-state index in [0.717, 1.165) is 16.8 Å². The van der Waals surface area contributed by atoms with Crippen LogP contribution in [0.5, 0.6) is 0 Å². The van der Waals surface area contributed by atoms with Gasteiger partial charge in [-0.25, -0.2) is 0 Å². The molecule has 3 rings (SSSR count). The minimum atomic E-state index is -0.495. The molecule has 0 aliphatic carbocycles. The number of hydrogen-bond donors (Lipinski definition) is 2. The molecule has 0 amide bonds. The van der Waals surface area contributed by atoms with E-state index in [1.54, 1.807) is 24.5 Å². The summed E-state index contributed by atoms with van der Waals surface area (Å²) < 4.78 is 0. The summed E-state index contributed by atoms with van der Waals surface area (Å²) in [5.41, 5.74) is 3.84. The molecule has 0 aliphatic heterocycles. The molecule has 0 fully saturated rings. The molecule has 0 spiro atoms. The molecule has 5 nitrogen and oxygen atoms in total. The summed E-state index contributed by atoms with van der Waals surface area (Å²) in [5.74, 6) is 0. The Morgan fingerprint density at radius 3 is 2.35 bits per heavy atom.